The van der Waals surface area contributed by atoms with Crippen molar-refractivity contribution in [3.8, 4) is 55.6 Å². The van der Waals surface area contributed by atoms with Gasteiger partial charge in [0.25, 0.3) is 0 Å². The molecular formula is C54H34S. The number of hydrogen-bond acceptors (Lipinski definition) is 1. The van der Waals surface area contributed by atoms with E-state index in [1.165, 1.54) is 30.9 Å². The summed E-state index contributed by atoms with van der Waals surface area (Å²) in [6.07, 6.45) is 0. The fourth-order valence-corrected chi connectivity index (χ4v) is 9.56. The van der Waals surface area contributed by atoms with E-state index in [9.17, 15) is 5.48 Å². The lowest BCUT2D eigenvalue weighted by Crippen LogP contribution is -1.96. The molecule has 0 saturated heterocycles. The highest BCUT2D eigenvalue weighted by molar-refractivity contribution is 7.25. The minimum atomic E-state index is 0.268. The Morgan fingerprint density at radius 2 is 0.764 bits per heavy atom. The first-order valence-corrected chi connectivity index (χ1v) is 19.4. The lowest BCUT2D eigenvalue weighted by Gasteiger charge is -2.23. The van der Waals surface area contributed by atoms with Crippen LogP contribution in [-0.4, -0.2) is 0 Å². The Morgan fingerprint density at radius 3 is 1.33 bits per heavy atom. The van der Waals surface area contributed by atoms with E-state index in [1.807, 2.05) is 78.1 Å². The van der Waals surface area contributed by atoms with Gasteiger partial charge in [-0.2, -0.15) is 0 Å². The Labute approximate surface area is 329 Å². The predicted octanol–water partition coefficient (Wildman–Crippen LogP) is 15.8. The van der Waals surface area contributed by atoms with Crippen molar-refractivity contribution < 1.29 is 5.48 Å². The summed E-state index contributed by atoms with van der Waals surface area (Å²) in [4.78, 5) is 0. The van der Waals surface area contributed by atoms with Gasteiger partial charge in [-0.3, -0.25) is 0 Å². The average Bonchev–Trinajstić information content (AvgIpc) is 3.64. The Hall–Kier alpha value is -6.80. The van der Waals surface area contributed by atoms with Crippen LogP contribution in [0.1, 0.15) is 5.48 Å². The molecule has 256 valence electrons. The Balaban J connectivity index is 1.29. The molecule has 0 fully saturated rings. The van der Waals surface area contributed by atoms with E-state index in [-0.39, 0.29) is 24.2 Å². The summed E-state index contributed by atoms with van der Waals surface area (Å²) in [5, 5.41) is 7.39. The van der Waals surface area contributed by atoms with Crippen molar-refractivity contribution in [1.82, 2.24) is 0 Å². The fraction of sp³-hybridized carbons (Fsp3) is 0. The van der Waals surface area contributed by atoms with Crippen LogP contribution < -0.4 is 0 Å². The molecule has 0 aliphatic carbocycles. The molecule has 0 radical (unpaired) electrons. The van der Waals surface area contributed by atoms with Gasteiger partial charge in [-0.05, 0) is 118 Å². The maximum atomic E-state index is 9.62. The standard InChI is InChI=1S/C54H34S/c1-4-16-35(17-5-1)47-31-41(40-28-29-42-49-30-38-22-10-11-23-39(38)33-51(49)55-50(42)34-40)32-48(36-18-6-2-7-19-36)54(47)53-45-26-14-12-24-43(45)52(37-20-8-3-9-21-37)44-25-13-15-27-46(44)53/h1-34H/i24D,25D,26D,27D. The topological polar surface area (TPSA) is 0 Å². The maximum absolute atomic E-state index is 9.62. The summed E-state index contributed by atoms with van der Waals surface area (Å²) in [5.74, 6) is 0. The quantitative estimate of drug-likeness (QED) is 0.155. The minimum absolute atomic E-state index is 0.268. The van der Waals surface area contributed by atoms with Crippen molar-refractivity contribution >= 4 is 63.8 Å². The molecule has 0 nitrogen and oxygen atoms in total. The zero-order chi connectivity index (χ0) is 39.8. The van der Waals surface area contributed by atoms with Crippen LogP contribution in [0.2, 0.25) is 0 Å². The molecule has 0 N–H and O–H groups in total. The first-order chi connectivity index (χ1) is 28.9. The van der Waals surface area contributed by atoms with Gasteiger partial charge in [0.1, 0.15) is 0 Å². The van der Waals surface area contributed by atoms with Crippen molar-refractivity contribution in [2.45, 2.75) is 0 Å². The van der Waals surface area contributed by atoms with Gasteiger partial charge in [-0.15, -0.1) is 11.3 Å². The van der Waals surface area contributed by atoms with Gasteiger partial charge in [0, 0.05) is 20.2 Å². The van der Waals surface area contributed by atoms with Crippen molar-refractivity contribution in [1.29, 1.82) is 0 Å². The highest BCUT2D eigenvalue weighted by Crippen LogP contribution is 2.51. The second-order valence-corrected chi connectivity index (χ2v) is 15.1. The van der Waals surface area contributed by atoms with Gasteiger partial charge < -0.3 is 0 Å². The molecule has 0 unspecified atom stereocenters. The summed E-state index contributed by atoms with van der Waals surface area (Å²) in [6.45, 7) is 0. The van der Waals surface area contributed by atoms with Crippen LogP contribution in [0.25, 0.3) is 108 Å². The van der Waals surface area contributed by atoms with Crippen LogP contribution in [-0.2, 0) is 0 Å². The third-order valence-electron chi connectivity index (χ3n) is 10.9. The molecule has 55 heavy (non-hydrogen) atoms. The molecule has 1 aromatic heterocycles. The molecule has 0 atom stereocenters. The van der Waals surface area contributed by atoms with Crippen molar-refractivity contribution in [3.63, 3.8) is 0 Å². The first kappa shape index (κ1) is 27.8. The van der Waals surface area contributed by atoms with Crippen molar-refractivity contribution in [2.75, 3.05) is 0 Å². The monoisotopic (exact) mass is 718 g/mol. The van der Waals surface area contributed by atoms with Crippen molar-refractivity contribution in [3.05, 3.63) is 206 Å². The molecule has 0 aliphatic rings. The number of benzene rings is 10. The van der Waals surface area contributed by atoms with E-state index >= 15 is 0 Å². The van der Waals surface area contributed by atoms with Gasteiger partial charge >= 0.3 is 0 Å². The summed E-state index contributed by atoms with van der Waals surface area (Å²) < 4.78 is 40.6. The molecule has 0 spiro atoms. The molecule has 10 aromatic carbocycles. The molecule has 0 saturated carbocycles. The van der Waals surface area contributed by atoms with Crippen molar-refractivity contribution in [2.24, 2.45) is 0 Å². The molecule has 0 aliphatic heterocycles. The highest BCUT2D eigenvalue weighted by atomic mass is 32.1. The summed E-state index contributed by atoms with van der Waals surface area (Å²) in [5.41, 5.74) is 9.14. The van der Waals surface area contributed by atoms with Crippen LogP contribution in [0.4, 0.5) is 0 Å². The Morgan fingerprint density at radius 1 is 0.291 bits per heavy atom. The normalized spacial score (nSPS) is 12.7. The molecule has 11 aromatic rings. The van der Waals surface area contributed by atoms with Crippen LogP contribution in [0, 0.1) is 0 Å². The average molecular weight is 719 g/mol. The summed E-state index contributed by atoms with van der Waals surface area (Å²) in [6, 6.07) is 62.9. The summed E-state index contributed by atoms with van der Waals surface area (Å²) in [7, 11) is 0. The predicted molar refractivity (Wildman–Crippen MR) is 239 cm³/mol. The number of fused-ring (bicyclic) bond motifs is 6. The number of rotatable bonds is 5. The second-order valence-electron chi connectivity index (χ2n) is 14.0. The van der Waals surface area contributed by atoms with Crippen LogP contribution >= 0.6 is 11.3 Å². The van der Waals surface area contributed by atoms with E-state index in [1.54, 1.807) is 24.3 Å². The Bertz CT molecular complexity index is 3340. The van der Waals surface area contributed by atoms with E-state index in [2.05, 4.69) is 91.0 Å². The zero-order valence-corrected chi connectivity index (χ0v) is 30.5. The van der Waals surface area contributed by atoms with Gasteiger partial charge in [-0.25, -0.2) is 0 Å². The lowest BCUT2D eigenvalue weighted by atomic mass is 9.79. The minimum Gasteiger partial charge on any atom is -0.135 e. The molecule has 1 heterocycles. The van der Waals surface area contributed by atoms with Crippen LogP contribution in [0.15, 0.2) is 206 Å². The molecule has 11 rings (SSSR count). The smallest absolute Gasteiger partial charge is 0.0629 e. The summed E-state index contributed by atoms with van der Waals surface area (Å²) >= 11 is 1.82. The van der Waals surface area contributed by atoms with E-state index < -0.39 is 0 Å². The third-order valence-corrected chi connectivity index (χ3v) is 12.0. The Kier molecular flexibility index (Phi) is 6.54. The zero-order valence-electron chi connectivity index (χ0n) is 33.7. The van der Waals surface area contributed by atoms with Gasteiger partial charge in [0.2, 0.25) is 0 Å². The van der Waals surface area contributed by atoms with Gasteiger partial charge in [0.15, 0.2) is 0 Å². The van der Waals surface area contributed by atoms with E-state index in [0.29, 0.717) is 32.7 Å². The number of thiophene rings is 1. The molecule has 0 bridgehead atoms. The number of hydrogen-bond donors (Lipinski definition) is 0. The van der Waals surface area contributed by atoms with Crippen LogP contribution in [0.3, 0.4) is 0 Å². The SMILES string of the molecule is [2H]c1ccc([2H])c2c(-c3c(-c4ccccc4)cc(-c4ccc5c(c4)sc4cc6ccccc6cc45)cc3-c3ccccc3)c3c([2H])ccc([2H])c3c(-c3ccccc3)c12. The van der Waals surface area contributed by atoms with E-state index in [0.717, 1.165) is 44.5 Å². The maximum Gasteiger partial charge on any atom is 0.0629 e. The fourth-order valence-electron chi connectivity index (χ4n) is 8.38. The third kappa shape index (κ3) is 5.28. The highest BCUT2D eigenvalue weighted by Gasteiger charge is 2.23. The molecule has 1 heteroatoms. The van der Waals surface area contributed by atoms with Crippen LogP contribution in [0.5, 0.6) is 0 Å². The first-order valence-electron chi connectivity index (χ1n) is 20.6. The molecule has 0 amide bonds. The van der Waals surface area contributed by atoms with Gasteiger partial charge in [0.05, 0.1) is 5.48 Å². The van der Waals surface area contributed by atoms with E-state index in [4.69, 9.17) is 0 Å². The molecular weight excluding hydrogens is 681 g/mol. The van der Waals surface area contributed by atoms with Gasteiger partial charge in [-0.1, -0.05) is 176 Å². The largest absolute Gasteiger partial charge is 0.135 e. The lowest BCUT2D eigenvalue weighted by molar-refractivity contribution is 1.57. The second kappa shape index (κ2) is 13.0.